The monoisotopic (exact) mass is 266 g/mol. The van der Waals surface area contributed by atoms with Crippen LogP contribution in [0, 0.1) is 0 Å². The molecular weight excluding hydrogens is 248 g/mol. The molecule has 2 nitrogen and oxygen atoms in total. The lowest BCUT2D eigenvalue weighted by Crippen LogP contribution is -2.12. The number of ether oxygens (including phenoxy) is 1. The molecular formula is C18H18O2. The highest BCUT2D eigenvalue weighted by Crippen LogP contribution is 2.31. The van der Waals surface area contributed by atoms with Crippen molar-refractivity contribution in [1.29, 1.82) is 0 Å². The summed E-state index contributed by atoms with van der Waals surface area (Å²) in [6, 6.07) is 17.5. The van der Waals surface area contributed by atoms with E-state index in [0.717, 1.165) is 25.7 Å². The molecule has 0 aliphatic heterocycles. The third-order valence-corrected chi connectivity index (χ3v) is 3.82. The number of benzene rings is 2. The van der Waals surface area contributed by atoms with Crippen molar-refractivity contribution in [2.45, 2.75) is 31.8 Å². The lowest BCUT2D eigenvalue weighted by atomic mass is 10.0. The molecule has 20 heavy (non-hydrogen) atoms. The van der Waals surface area contributed by atoms with E-state index in [2.05, 4.69) is 18.2 Å². The molecule has 102 valence electrons. The fourth-order valence-electron chi connectivity index (χ4n) is 2.77. The Kier molecular flexibility index (Phi) is 3.82. The Labute approximate surface area is 119 Å². The van der Waals surface area contributed by atoms with Crippen LogP contribution in [0.3, 0.4) is 0 Å². The van der Waals surface area contributed by atoms with Gasteiger partial charge in [0.15, 0.2) is 0 Å². The third kappa shape index (κ3) is 2.74. The predicted molar refractivity (Wildman–Crippen MR) is 78.6 cm³/mol. The molecule has 0 heterocycles. The minimum absolute atomic E-state index is 0.110. The fraction of sp³-hybridized carbons (Fsp3) is 0.278. The molecule has 1 atom stereocenters. The Balaban J connectivity index is 1.82. The number of hydrogen-bond donors (Lipinski definition) is 0. The summed E-state index contributed by atoms with van der Waals surface area (Å²) in [4.78, 5) is 12.2. The maximum atomic E-state index is 12.2. The molecule has 0 bridgehead atoms. The molecule has 0 saturated heterocycles. The molecule has 2 heteroatoms. The van der Waals surface area contributed by atoms with Crippen LogP contribution in [0.1, 0.15) is 46.9 Å². The largest absolute Gasteiger partial charge is 0.454 e. The minimum Gasteiger partial charge on any atom is -0.454 e. The number of fused-ring (bicyclic) bond motifs is 1. The number of carbonyl (C=O) groups is 1. The van der Waals surface area contributed by atoms with Crippen LogP contribution in [0.15, 0.2) is 54.6 Å². The van der Waals surface area contributed by atoms with Crippen molar-refractivity contribution in [3.05, 3.63) is 71.3 Å². The summed E-state index contributed by atoms with van der Waals surface area (Å²) in [5.41, 5.74) is 3.11. The molecule has 3 rings (SSSR count). The van der Waals surface area contributed by atoms with Gasteiger partial charge in [-0.05, 0) is 48.9 Å². The van der Waals surface area contributed by atoms with E-state index in [1.54, 1.807) is 12.1 Å². The van der Waals surface area contributed by atoms with Gasteiger partial charge in [-0.2, -0.15) is 0 Å². The fourth-order valence-corrected chi connectivity index (χ4v) is 2.77. The van der Waals surface area contributed by atoms with Crippen LogP contribution in [0.4, 0.5) is 0 Å². The number of aryl methyl sites for hydroxylation is 1. The van der Waals surface area contributed by atoms with Crippen molar-refractivity contribution in [3.8, 4) is 0 Å². The van der Waals surface area contributed by atoms with Gasteiger partial charge in [-0.3, -0.25) is 0 Å². The van der Waals surface area contributed by atoms with E-state index in [1.165, 1.54) is 11.1 Å². The van der Waals surface area contributed by atoms with Crippen molar-refractivity contribution in [2.24, 2.45) is 0 Å². The SMILES string of the molecule is O=C(O[C@H]1CCCCc2ccccc21)c1ccccc1. The molecule has 2 aromatic carbocycles. The van der Waals surface area contributed by atoms with Crippen LogP contribution in [0.5, 0.6) is 0 Å². The zero-order chi connectivity index (χ0) is 13.8. The first-order valence-electron chi connectivity index (χ1n) is 7.18. The van der Waals surface area contributed by atoms with Gasteiger partial charge in [-0.1, -0.05) is 42.5 Å². The van der Waals surface area contributed by atoms with Crippen molar-refractivity contribution < 1.29 is 9.53 Å². The molecule has 0 fully saturated rings. The average Bonchev–Trinajstić information content (AvgIpc) is 2.71. The zero-order valence-corrected chi connectivity index (χ0v) is 11.4. The van der Waals surface area contributed by atoms with Gasteiger partial charge in [0.1, 0.15) is 6.10 Å². The zero-order valence-electron chi connectivity index (χ0n) is 11.4. The van der Waals surface area contributed by atoms with Crippen LogP contribution < -0.4 is 0 Å². The van der Waals surface area contributed by atoms with E-state index >= 15 is 0 Å². The van der Waals surface area contributed by atoms with Gasteiger partial charge in [0.2, 0.25) is 0 Å². The first-order valence-corrected chi connectivity index (χ1v) is 7.18. The van der Waals surface area contributed by atoms with Crippen LogP contribution in [-0.2, 0) is 11.2 Å². The van der Waals surface area contributed by atoms with Gasteiger partial charge in [-0.25, -0.2) is 4.79 Å². The van der Waals surface area contributed by atoms with E-state index in [4.69, 9.17) is 4.74 Å². The number of esters is 1. The highest BCUT2D eigenvalue weighted by molar-refractivity contribution is 5.89. The summed E-state index contributed by atoms with van der Waals surface area (Å²) >= 11 is 0. The maximum Gasteiger partial charge on any atom is 0.338 e. The van der Waals surface area contributed by atoms with E-state index in [-0.39, 0.29) is 12.1 Å². The first-order chi connectivity index (χ1) is 9.84. The predicted octanol–water partition coefficient (Wildman–Crippen LogP) is 4.31. The number of hydrogen-bond acceptors (Lipinski definition) is 2. The standard InChI is InChI=1S/C18H18O2/c19-18(15-10-2-1-3-11-15)20-17-13-7-5-9-14-8-4-6-12-16(14)17/h1-4,6,8,10-12,17H,5,7,9,13H2/t17-/m0/s1. The highest BCUT2D eigenvalue weighted by Gasteiger charge is 2.22. The maximum absolute atomic E-state index is 12.2. The Morgan fingerprint density at radius 2 is 1.70 bits per heavy atom. The molecule has 0 unspecified atom stereocenters. The van der Waals surface area contributed by atoms with E-state index < -0.39 is 0 Å². The Morgan fingerprint density at radius 1 is 0.950 bits per heavy atom. The van der Waals surface area contributed by atoms with Crippen molar-refractivity contribution >= 4 is 5.97 Å². The van der Waals surface area contributed by atoms with Gasteiger partial charge in [0.05, 0.1) is 5.56 Å². The molecule has 0 N–H and O–H groups in total. The number of carbonyl (C=O) groups excluding carboxylic acids is 1. The van der Waals surface area contributed by atoms with Crippen LogP contribution >= 0.6 is 0 Å². The van der Waals surface area contributed by atoms with Crippen molar-refractivity contribution in [1.82, 2.24) is 0 Å². The Morgan fingerprint density at radius 3 is 2.55 bits per heavy atom. The second kappa shape index (κ2) is 5.91. The van der Waals surface area contributed by atoms with Crippen LogP contribution in [0.25, 0.3) is 0 Å². The summed E-state index contributed by atoms with van der Waals surface area (Å²) in [7, 11) is 0. The molecule has 1 aliphatic carbocycles. The molecule has 0 spiro atoms. The smallest absolute Gasteiger partial charge is 0.338 e. The topological polar surface area (TPSA) is 26.3 Å². The first kappa shape index (κ1) is 12.9. The van der Waals surface area contributed by atoms with Gasteiger partial charge < -0.3 is 4.74 Å². The molecule has 0 radical (unpaired) electrons. The third-order valence-electron chi connectivity index (χ3n) is 3.82. The summed E-state index contributed by atoms with van der Waals surface area (Å²) in [6.07, 6.45) is 4.14. The Hall–Kier alpha value is -2.09. The van der Waals surface area contributed by atoms with Gasteiger partial charge in [0, 0.05) is 0 Å². The van der Waals surface area contributed by atoms with Crippen molar-refractivity contribution in [3.63, 3.8) is 0 Å². The lowest BCUT2D eigenvalue weighted by molar-refractivity contribution is 0.0276. The summed E-state index contributed by atoms with van der Waals surface area (Å²) in [6.45, 7) is 0. The molecule has 2 aromatic rings. The second-order valence-corrected chi connectivity index (χ2v) is 5.20. The molecule has 1 aliphatic rings. The van der Waals surface area contributed by atoms with Gasteiger partial charge >= 0.3 is 5.97 Å². The van der Waals surface area contributed by atoms with E-state index in [9.17, 15) is 4.79 Å². The van der Waals surface area contributed by atoms with E-state index in [1.807, 2.05) is 24.3 Å². The van der Waals surface area contributed by atoms with Gasteiger partial charge in [-0.15, -0.1) is 0 Å². The summed E-state index contributed by atoms with van der Waals surface area (Å²) in [5, 5.41) is 0. The Bertz CT molecular complexity index is 589. The minimum atomic E-state index is -0.229. The van der Waals surface area contributed by atoms with Gasteiger partial charge in [0.25, 0.3) is 0 Å². The van der Waals surface area contributed by atoms with Crippen molar-refractivity contribution in [2.75, 3.05) is 0 Å². The summed E-state index contributed by atoms with van der Waals surface area (Å²) in [5.74, 6) is -0.229. The lowest BCUT2D eigenvalue weighted by Gasteiger charge is -2.18. The van der Waals surface area contributed by atoms with Crippen LogP contribution in [-0.4, -0.2) is 5.97 Å². The quantitative estimate of drug-likeness (QED) is 0.598. The number of rotatable bonds is 2. The molecule has 0 amide bonds. The normalized spacial score (nSPS) is 17.9. The highest BCUT2D eigenvalue weighted by atomic mass is 16.5. The average molecular weight is 266 g/mol. The molecule has 0 saturated carbocycles. The summed E-state index contributed by atoms with van der Waals surface area (Å²) < 4.78 is 5.74. The van der Waals surface area contributed by atoms with E-state index in [0.29, 0.717) is 5.56 Å². The molecule has 0 aromatic heterocycles. The second-order valence-electron chi connectivity index (χ2n) is 5.20. The van der Waals surface area contributed by atoms with Crippen LogP contribution in [0.2, 0.25) is 0 Å².